The Morgan fingerprint density at radius 3 is 1.94 bits per heavy atom. The summed E-state index contributed by atoms with van der Waals surface area (Å²) in [6.45, 7) is 6.01. The highest BCUT2D eigenvalue weighted by Crippen LogP contribution is 2.34. The van der Waals surface area contributed by atoms with Crippen LogP contribution in [0.1, 0.15) is 16.7 Å². The van der Waals surface area contributed by atoms with E-state index in [4.69, 9.17) is 0 Å². The Bertz CT molecular complexity index is 510. The summed E-state index contributed by atoms with van der Waals surface area (Å²) in [4.78, 5) is 0. The number of aryl methyl sites for hydroxylation is 3. The van der Waals surface area contributed by atoms with E-state index >= 15 is 0 Å². The monoisotopic (exact) mass is 212 g/mol. The minimum atomic E-state index is 0.392. The first-order valence-corrected chi connectivity index (χ1v) is 5.46. The molecular formula is C15H16O. The smallest absolute Gasteiger partial charge is 0.126 e. The molecule has 1 nitrogen and oxygen atoms in total. The second-order valence-corrected chi connectivity index (χ2v) is 4.29. The van der Waals surface area contributed by atoms with Gasteiger partial charge in [0.1, 0.15) is 5.75 Å². The molecule has 2 aromatic rings. The number of rotatable bonds is 1. The first kappa shape index (κ1) is 10.7. The van der Waals surface area contributed by atoms with Gasteiger partial charge < -0.3 is 5.11 Å². The highest BCUT2D eigenvalue weighted by Gasteiger charge is 2.09. The van der Waals surface area contributed by atoms with Gasteiger partial charge in [-0.1, -0.05) is 42.0 Å². The maximum atomic E-state index is 10.1. The van der Waals surface area contributed by atoms with E-state index in [1.807, 2.05) is 26.0 Å². The number of hydrogen-bond acceptors (Lipinski definition) is 1. The van der Waals surface area contributed by atoms with Gasteiger partial charge in [0.05, 0.1) is 0 Å². The van der Waals surface area contributed by atoms with E-state index in [1.165, 1.54) is 5.56 Å². The molecule has 0 aliphatic heterocycles. The van der Waals surface area contributed by atoms with E-state index in [2.05, 4.69) is 31.2 Å². The fourth-order valence-corrected chi connectivity index (χ4v) is 1.88. The molecule has 0 aromatic heterocycles. The third-order valence-electron chi connectivity index (χ3n) is 2.93. The van der Waals surface area contributed by atoms with E-state index < -0.39 is 0 Å². The topological polar surface area (TPSA) is 20.2 Å². The number of benzene rings is 2. The van der Waals surface area contributed by atoms with Gasteiger partial charge >= 0.3 is 0 Å². The SMILES string of the molecule is Cc1ccc(-c2c(C)ccc(C)c2O)cc1. The largest absolute Gasteiger partial charge is 0.507 e. The molecule has 0 heterocycles. The fraction of sp³-hybridized carbons (Fsp3) is 0.200. The quantitative estimate of drug-likeness (QED) is 0.758. The summed E-state index contributed by atoms with van der Waals surface area (Å²) in [6.07, 6.45) is 0. The second kappa shape index (κ2) is 4.01. The lowest BCUT2D eigenvalue weighted by Gasteiger charge is -2.11. The summed E-state index contributed by atoms with van der Waals surface area (Å²) in [5.41, 5.74) is 5.27. The van der Waals surface area contributed by atoms with E-state index in [0.29, 0.717) is 5.75 Å². The molecule has 0 spiro atoms. The van der Waals surface area contributed by atoms with Crippen LogP contribution in [0.2, 0.25) is 0 Å². The molecule has 82 valence electrons. The molecule has 0 unspecified atom stereocenters. The van der Waals surface area contributed by atoms with Crippen LogP contribution in [0.15, 0.2) is 36.4 Å². The van der Waals surface area contributed by atoms with Gasteiger partial charge in [-0.05, 0) is 37.5 Å². The van der Waals surface area contributed by atoms with Crippen molar-refractivity contribution in [3.63, 3.8) is 0 Å². The molecule has 1 heteroatoms. The van der Waals surface area contributed by atoms with Gasteiger partial charge in [0, 0.05) is 5.56 Å². The fourth-order valence-electron chi connectivity index (χ4n) is 1.88. The minimum Gasteiger partial charge on any atom is -0.507 e. The zero-order chi connectivity index (χ0) is 11.7. The van der Waals surface area contributed by atoms with Gasteiger partial charge in [0.15, 0.2) is 0 Å². The average molecular weight is 212 g/mol. The second-order valence-electron chi connectivity index (χ2n) is 4.29. The third-order valence-corrected chi connectivity index (χ3v) is 2.93. The minimum absolute atomic E-state index is 0.392. The van der Waals surface area contributed by atoms with Gasteiger partial charge in [-0.15, -0.1) is 0 Å². The standard InChI is InChI=1S/C15H16O/c1-10-4-8-13(9-5-10)14-11(2)6-7-12(3)15(14)16/h4-9,16H,1-3H3. The summed E-state index contributed by atoms with van der Waals surface area (Å²) in [5.74, 6) is 0.392. The lowest BCUT2D eigenvalue weighted by atomic mass is 9.96. The Hall–Kier alpha value is -1.76. The molecule has 0 saturated heterocycles. The van der Waals surface area contributed by atoms with E-state index in [1.54, 1.807) is 0 Å². The number of hydrogen-bond donors (Lipinski definition) is 1. The molecule has 0 radical (unpaired) electrons. The molecule has 0 aliphatic carbocycles. The summed E-state index contributed by atoms with van der Waals surface area (Å²) in [6, 6.07) is 12.2. The van der Waals surface area contributed by atoms with Crippen molar-refractivity contribution in [1.29, 1.82) is 0 Å². The zero-order valence-electron chi connectivity index (χ0n) is 9.91. The van der Waals surface area contributed by atoms with E-state index in [0.717, 1.165) is 22.3 Å². The van der Waals surface area contributed by atoms with Crippen molar-refractivity contribution in [3.05, 3.63) is 53.1 Å². The molecule has 2 aromatic carbocycles. The summed E-state index contributed by atoms with van der Waals surface area (Å²) < 4.78 is 0. The Balaban J connectivity index is 2.63. The Labute approximate surface area is 96.4 Å². The van der Waals surface area contributed by atoms with Crippen molar-refractivity contribution in [2.75, 3.05) is 0 Å². The predicted octanol–water partition coefficient (Wildman–Crippen LogP) is 3.98. The molecule has 0 amide bonds. The molecule has 0 aliphatic rings. The van der Waals surface area contributed by atoms with E-state index in [-0.39, 0.29) is 0 Å². The Morgan fingerprint density at radius 1 is 0.750 bits per heavy atom. The van der Waals surface area contributed by atoms with Crippen LogP contribution >= 0.6 is 0 Å². The number of phenols is 1. The normalized spacial score (nSPS) is 10.4. The summed E-state index contributed by atoms with van der Waals surface area (Å²) >= 11 is 0. The molecule has 0 bridgehead atoms. The summed E-state index contributed by atoms with van der Waals surface area (Å²) in [7, 11) is 0. The summed E-state index contributed by atoms with van der Waals surface area (Å²) in [5, 5.41) is 10.1. The van der Waals surface area contributed by atoms with Crippen molar-refractivity contribution in [2.45, 2.75) is 20.8 Å². The van der Waals surface area contributed by atoms with Gasteiger partial charge in [-0.3, -0.25) is 0 Å². The first-order valence-electron chi connectivity index (χ1n) is 5.46. The first-order chi connectivity index (χ1) is 7.59. The van der Waals surface area contributed by atoms with Crippen molar-refractivity contribution in [3.8, 4) is 16.9 Å². The lowest BCUT2D eigenvalue weighted by Crippen LogP contribution is -1.87. The molecule has 0 fully saturated rings. The highest BCUT2D eigenvalue weighted by atomic mass is 16.3. The predicted molar refractivity (Wildman–Crippen MR) is 67.8 cm³/mol. The lowest BCUT2D eigenvalue weighted by molar-refractivity contribution is 0.473. The number of aromatic hydroxyl groups is 1. The maximum Gasteiger partial charge on any atom is 0.126 e. The van der Waals surface area contributed by atoms with Crippen LogP contribution in [0.5, 0.6) is 5.75 Å². The molecule has 16 heavy (non-hydrogen) atoms. The maximum absolute atomic E-state index is 10.1. The van der Waals surface area contributed by atoms with Crippen molar-refractivity contribution in [1.82, 2.24) is 0 Å². The Kier molecular flexibility index (Phi) is 2.69. The van der Waals surface area contributed by atoms with Gasteiger partial charge in [0.2, 0.25) is 0 Å². The van der Waals surface area contributed by atoms with Crippen LogP contribution < -0.4 is 0 Å². The molecule has 0 atom stereocenters. The van der Waals surface area contributed by atoms with E-state index in [9.17, 15) is 5.11 Å². The van der Waals surface area contributed by atoms with Crippen LogP contribution in [0.4, 0.5) is 0 Å². The van der Waals surface area contributed by atoms with Crippen LogP contribution in [0.25, 0.3) is 11.1 Å². The van der Waals surface area contributed by atoms with Crippen LogP contribution in [0, 0.1) is 20.8 Å². The van der Waals surface area contributed by atoms with Crippen molar-refractivity contribution >= 4 is 0 Å². The van der Waals surface area contributed by atoms with Crippen molar-refractivity contribution in [2.24, 2.45) is 0 Å². The highest BCUT2D eigenvalue weighted by molar-refractivity contribution is 5.75. The molecule has 1 N–H and O–H groups in total. The molecular weight excluding hydrogens is 196 g/mol. The van der Waals surface area contributed by atoms with Gasteiger partial charge in [-0.2, -0.15) is 0 Å². The molecule has 0 saturated carbocycles. The number of phenolic OH excluding ortho intramolecular Hbond substituents is 1. The van der Waals surface area contributed by atoms with Crippen molar-refractivity contribution < 1.29 is 5.11 Å². The van der Waals surface area contributed by atoms with Gasteiger partial charge in [0.25, 0.3) is 0 Å². The van der Waals surface area contributed by atoms with Crippen LogP contribution in [-0.4, -0.2) is 5.11 Å². The zero-order valence-corrected chi connectivity index (χ0v) is 9.91. The average Bonchev–Trinajstić information content (AvgIpc) is 2.27. The Morgan fingerprint density at radius 2 is 1.31 bits per heavy atom. The third kappa shape index (κ3) is 1.81. The van der Waals surface area contributed by atoms with Gasteiger partial charge in [-0.25, -0.2) is 0 Å². The molecule has 2 rings (SSSR count). The van der Waals surface area contributed by atoms with Crippen LogP contribution in [0.3, 0.4) is 0 Å². The van der Waals surface area contributed by atoms with Crippen LogP contribution in [-0.2, 0) is 0 Å².